The van der Waals surface area contributed by atoms with Gasteiger partial charge in [0.25, 0.3) is 0 Å². The maximum atomic E-state index is 12.4. The molecule has 0 bridgehead atoms. The molecule has 1 heterocycles. The topological polar surface area (TPSA) is 101 Å². The Labute approximate surface area is 149 Å². The van der Waals surface area contributed by atoms with E-state index in [0.717, 1.165) is 0 Å². The lowest BCUT2D eigenvalue weighted by Gasteiger charge is -2.14. The highest BCUT2D eigenvalue weighted by Gasteiger charge is 2.23. The number of benzene rings is 2. The van der Waals surface area contributed by atoms with Crippen molar-refractivity contribution in [2.24, 2.45) is 0 Å². The molecule has 0 saturated heterocycles. The summed E-state index contributed by atoms with van der Waals surface area (Å²) < 4.78 is 5.07. The smallest absolute Gasteiger partial charge is 0.311 e. The molecule has 3 rings (SSSR count). The number of nitrogens with zero attached hydrogens (tertiary/aromatic N) is 2. The monoisotopic (exact) mass is 351 g/mol. The molecule has 0 aliphatic heterocycles. The van der Waals surface area contributed by atoms with E-state index in [2.05, 4.69) is 15.3 Å². The van der Waals surface area contributed by atoms with Crippen LogP contribution in [0.1, 0.15) is 17.9 Å². The number of carboxylic acids is 1. The number of methoxy groups -OCH3 is 1. The quantitative estimate of drug-likeness (QED) is 0.708. The van der Waals surface area contributed by atoms with Gasteiger partial charge in [-0.1, -0.05) is 18.2 Å². The normalized spacial score (nSPS) is 11.7. The van der Waals surface area contributed by atoms with E-state index in [4.69, 9.17) is 4.74 Å². The summed E-state index contributed by atoms with van der Waals surface area (Å²) in [4.78, 5) is 32.4. The molecule has 1 aromatic heterocycles. The van der Waals surface area contributed by atoms with E-state index in [1.165, 1.54) is 13.3 Å². The van der Waals surface area contributed by atoms with Gasteiger partial charge in [-0.3, -0.25) is 19.6 Å². The van der Waals surface area contributed by atoms with E-state index >= 15 is 0 Å². The van der Waals surface area contributed by atoms with Crippen LogP contribution in [0.4, 0.5) is 5.69 Å². The first-order chi connectivity index (χ1) is 12.6. The summed E-state index contributed by atoms with van der Waals surface area (Å²) in [5.41, 5.74) is 2.24. The summed E-state index contributed by atoms with van der Waals surface area (Å²) >= 11 is 0. The molecule has 1 unspecified atom stereocenters. The Morgan fingerprint density at radius 1 is 1.12 bits per heavy atom. The minimum Gasteiger partial charge on any atom is -0.497 e. The molecule has 132 valence electrons. The van der Waals surface area contributed by atoms with Crippen molar-refractivity contribution in [3.8, 4) is 5.75 Å². The molecule has 0 aliphatic rings. The van der Waals surface area contributed by atoms with Gasteiger partial charge in [-0.05, 0) is 29.8 Å². The van der Waals surface area contributed by atoms with Crippen LogP contribution in [0.15, 0.2) is 54.9 Å². The number of rotatable bonds is 6. The van der Waals surface area contributed by atoms with E-state index in [1.807, 2.05) is 0 Å². The van der Waals surface area contributed by atoms with Gasteiger partial charge in [-0.25, -0.2) is 0 Å². The van der Waals surface area contributed by atoms with Crippen molar-refractivity contribution in [3.05, 3.63) is 60.4 Å². The molecule has 0 aliphatic carbocycles. The standard InChI is InChI=1S/C19H17N3O4/c1-26-13-7-5-12(6-8-13)14(19(24)25)11-17(23)22-16-4-2-3-15-18(16)21-10-9-20-15/h2-10,14H,11H2,1H3,(H,22,23)(H,24,25). The number of aliphatic carboxylic acids is 1. The number of aromatic nitrogens is 2. The SMILES string of the molecule is COc1ccc(C(CC(=O)Nc2cccc3nccnc23)C(=O)O)cc1. The molecule has 1 amide bonds. The number of carboxylic acid groups (broad SMARTS) is 1. The lowest BCUT2D eigenvalue weighted by molar-refractivity contribution is -0.140. The fourth-order valence-corrected chi connectivity index (χ4v) is 2.66. The Morgan fingerprint density at radius 2 is 1.85 bits per heavy atom. The average Bonchev–Trinajstić information content (AvgIpc) is 2.66. The third kappa shape index (κ3) is 3.77. The summed E-state index contributed by atoms with van der Waals surface area (Å²) in [5.74, 6) is -1.81. The molecule has 0 saturated carbocycles. The second kappa shape index (κ2) is 7.60. The van der Waals surface area contributed by atoms with Crippen molar-refractivity contribution in [2.75, 3.05) is 12.4 Å². The van der Waals surface area contributed by atoms with Crippen molar-refractivity contribution in [3.63, 3.8) is 0 Å². The molecule has 3 aromatic rings. The number of fused-ring (bicyclic) bond motifs is 1. The molecular weight excluding hydrogens is 334 g/mol. The second-order valence-electron chi connectivity index (χ2n) is 5.65. The molecule has 0 fully saturated rings. The van der Waals surface area contributed by atoms with E-state index in [-0.39, 0.29) is 6.42 Å². The van der Waals surface area contributed by atoms with Crippen LogP contribution >= 0.6 is 0 Å². The number of para-hydroxylation sites is 1. The van der Waals surface area contributed by atoms with Gasteiger partial charge < -0.3 is 15.2 Å². The van der Waals surface area contributed by atoms with Crippen LogP contribution in [0.25, 0.3) is 11.0 Å². The third-order valence-corrected chi connectivity index (χ3v) is 3.98. The molecular formula is C19H17N3O4. The third-order valence-electron chi connectivity index (χ3n) is 3.98. The molecule has 26 heavy (non-hydrogen) atoms. The summed E-state index contributed by atoms with van der Waals surface area (Å²) in [7, 11) is 1.53. The molecule has 1 atom stereocenters. The maximum Gasteiger partial charge on any atom is 0.311 e. The predicted octanol–water partition coefficient (Wildman–Crippen LogP) is 2.84. The van der Waals surface area contributed by atoms with Crippen LogP contribution in [0.5, 0.6) is 5.75 Å². The molecule has 2 N–H and O–H groups in total. The van der Waals surface area contributed by atoms with Gasteiger partial charge in [0.2, 0.25) is 5.91 Å². The Kier molecular flexibility index (Phi) is 5.07. The predicted molar refractivity (Wildman–Crippen MR) is 96.2 cm³/mol. The number of ether oxygens (including phenoxy) is 1. The van der Waals surface area contributed by atoms with Gasteiger partial charge in [0.05, 0.1) is 24.2 Å². The number of hydrogen-bond acceptors (Lipinski definition) is 5. The minimum atomic E-state index is -1.07. The Balaban J connectivity index is 1.78. The second-order valence-corrected chi connectivity index (χ2v) is 5.65. The van der Waals surface area contributed by atoms with Crippen molar-refractivity contribution >= 4 is 28.6 Å². The molecule has 2 aromatic carbocycles. The van der Waals surface area contributed by atoms with Crippen LogP contribution < -0.4 is 10.1 Å². The van der Waals surface area contributed by atoms with Crippen LogP contribution in [-0.4, -0.2) is 34.1 Å². The van der Waals surface area contributed by atoms with Gasteiger partial charge in [0.1, 0.15) is 11.3 Å². The highest BCUT2D eigenvalue weighted by Crippen LogP contribution is 2.25. The summed E-state index contributed by atoms with van der Waals surface area (Å²) in [5, 5.41) is 12.2. The van der Waals surface area contributed by atoms with Gasteiger partial charge in [0.15, 0.2) is 0 Å². The van der Waals surface area contributed by atoms with Crippen LogP contribution in [-0.2, 0) is 9.59 Å². The number of nitrogens with one attached hydrogen (secondary N) is 1. The van der Waals surface area contributed by atoms with Gasteiger partial charge in [0, 0.05) is 18.8 Å². The molecule has 7 nitrogen and oxygen atoms in total. The lowest BCUT2D eigenvalue weighted by atomic mass is 9.95. The number of amides is 1. The average molecular weight is 351 g/mol. The number of carbonyl (C=O) groups is 2. The Morgan fingerprint density at radius 3 is 2.54 bits per heavy atom. The highest BCUT2D eigenvalue weighted by molar-refractivity contribution is 6.00. The van der Waals surface area contributed by atoms with Crippen LogP contribution in [0.3, 0.4) is 0 Å². The van der Waals surface area contributed by atoms with Crippen molar-refractivity contribution in [1.29, 1.82) is 0 Å². The summed E-state index contributed by atoms with van der Waals surface area (Å²) in [6, 6.07) is 11.9. The van der Waals surface area contributed by atoms with Crippen LogP contribution in [0, 0.1) is 0 Å². The van der Waals surface area contributed by atoms with Crippen molar-refractivity contribution < 1.29 is 19.4 Å². The zero-order valence-electron chi connectivity index (χ0n) is 14.0. The largest absolute Gasteiger partial charge is 0.497 e. The first kappa shape index (κ1) is 17.3. The molecule has 0 spiro atoms. The first-order valence-electron chi connectivity index (χ1n) is 7.95. The zero-order valence-corrected chi connectivity index (χ0v) is 14.0. The minimum absolute atomic E-state index is 0.196. The lowest BCUT2D eigenvalue weighted by Crippen LogP contribution is -2.21. The summed E-state index contributed by atoms with van der Waals surface area (Å²) in [6.07, 6.45) is 2.91. The fraction of sp³-hybridized carbons (Fsp3) is 0.158. The molecule has 0 radical (unpaired) electrons. The van der Waals surface area contributed by atoms with E-state index in [1.54, 1.807) is 48.7 Å². The van der Waals surface area contributed by atoms with E-state index in [0.29, 0.717) is 28.0 Å². The number of hydrogen-bond donors (Lipinski definition) is 2. The Bertz CT molecular complexity index is 936. The maximum absolute atomic E-state index is 12.4. The number of anilines is 1. The van der Waals surface area contributed by atoms with Gasteiger partial charge >= 0.3 is 5.97 Å². The van der Waals surface area contributed by atoms with Crippen molar-refractivity contribution in [2.45, 2.75) is 12.3 Å². The zero-order chi connectivity index (χ0) is 18.5. The molecule has 7 heteroatoms. The fourth-order valence-electron chi connectivity index (χ4n) is 2.66. The van der Waals surface area contributed by atoms with Gasteiger partial charge in [-0.15, -0.1) is 0 Å². The highest BCUT2D eigenvalue weighted by atomic mass is 16.5. The van der Waals surface area contributed by atoms with E-state index in [9.17, 15) is 14.7 Å². The number of carbonyl (C=O) groups excluding carboxylic acids is 1. The van der Waals surface area contributed by atoms with E-state index < -0.39 is 17.8 Å². The summed E-state index contributed by atoms with van der Waals surface area (Å²) in [6.45, 7) is 0. The van der Waals surface area contributed by atoms with Crippen molar-refractivity contribution in [1.82, 2.24) is 9.97 Å². The van der Waals surface area contributed by atoms with Gasteiger partial charge in [-0.2, -0.15) is 0 Å². The Hall–Kier alpha value is -3.48. The first-order valence-corrected chi connectivity index (χ1v) is 7.95. The van der Waals surface area contributed by atoms with Crippen LogP contribution in [0.2, 0.25) is 0 Å².